The molecule has 0 saturated carbocycles. The Morgan fingerprint density at radius 2 is 1.93 bits per heavy atom. The van der Waals surface area contributed by atoms with Gasteiger partial charge >= 0.3 is 6.30 Å². The van der Waals surface area contributed by atoms with E-state index in [-0.39, 0.29) is 0 Å². The van der Waals surface area contributed by atoms with Crippen LogP contribution in [0.15, 0.2) is 18.2 Å². The molecule has 4 nitrogen and oxygen atoms in total. The predicted molar refractivity (Wildman–Crippen MR) is 42.7 cm³/mol. The molecule has 1 aromatic rings. The topological polar surface area (TPSA) is 55.2 Å². The molecule has 15 heavy (non-hydrogen) atoms. The highest BCUT2D eigenvalue weighted by atomic mass is 19.4. The summed E-state index contributed by atoms with van der Waals surface area (Å²) in [5, 5.41) is 11.2. The molecule has 0 bridgehead atoms. The molecule has 0 aromatic heterocycles. The highest BCUT2D eigenvalue weighted by molar-refractivity contribution is 5.61. The molecule has 1 aromatic carbocycles. The van der Waals surface area contributed by atoms with Gasteiger partial charge in [0.2, 0.25) is 0 Å². The quantitative estimate of drug-likeness (QED) is 0.363. The molecule has 1 N–H and O–H groups in total. The van der Waals surface area contributed by atoms with Gasteiger partial charge in [0.15, 0.2) is 0 Å². The third kappa shape index (κ3) is 3.08. The van der Waals surface area contributed by atoms with Gasteiger partial charge in [-0.25, -0.2) is 4.39 Å². The number of anilines is 1. The smallest absolute Gasteiger partial charge is 0.291 e. The fourth-order valence-electron chi connectivity index (χ4n) is 0.920. The van der Waals surface area contributed by atoms with Gasteiger partial charge in [0, 0.05) is 12.1 Å². The van der Waals surface area contributed by atoms with Crippen LogP contribution in [0.2, 0.25) is 0 Å². The lowest BCUT2D eigenvalue weighted by Gasteiger charge is -2.09. The van der Waals surface area contributed by atoms with Crippen LogP contribution in [-0.4, -0.2) is 11.2 Å². The SMILES string of the molecule is O=[N+]([O-])c1ccc(F)cc1NC(F)(F)F. The van der Waals surface area contributed by atoms with E-state index >= 15 is 0 Å². The summed E-state index contributed by atoms with van der Waals surface area (Å²) >= 11 is 0. The number of nitro benzene ring substituents is 1. The molecule has 0 aliphatic carbocycles. The number of benzene rings is 1. The van der Waals surface area contributed by atoms with E-state index in [2.05, 4.69) is 0 Å². The molecular formula is C7H4F4N2O2. The lowest BCUT2D eigenvalue weighted by molar-refractivity contribution is -0.384. The van der Waals surface area contributed by atoms with Crippen LogP contribution in [0, 0.1) is 15.9 Å². The van der Waals surface area contributed by atoms with Crippen molar-refractivity contribution in [1.29, 1.82) is 0 Å². The fraction of sp³-hybridized carbons (Fsp3) is 0.143. The average Bonchev–Trinajstić information content (AvgIpc) is 1.99. The van der Waals surface area contributed by atoms with Crippen LogP contribution < -0.4 is 5.32 Å². The van der Waals surface area contributed by atoms with Crippen LogP contribution in [0.4, 0.5) is 28.9 Å². The largest absolute Gasteiger partial charge is 0.482 e. The number of nitrogens with one attached hydrogen (secondary N) is 1. The van der Waals surface area contributed by atoms with Crippen molar-refractivity contribution in [3.05, 3.63) is 34.1 Å². The average molecular weight is 224 g/mol. The molecular weight excluding hydrogens is 220 g/mol. The van der Waals surface area contributed by atoms with Crippen LogP contribution in [0.25, 0.3) is 0 Å². The molecule has 8 heteroatoms. The molecule has 0 atom stereocenters. The third-order valence-electron chi connectivity index (χ3n) is 1.43. The Balaban J connectivity index is 3.13. The number of rotatable bonds is 2. The van der Waals surface area contributed by atoms with Gasteiger partial charge in [0.1, 0.15) is 11.5 Å². The van der Waals surface area contributed by atoms with Crippen LogP contribution in [0.5, 0.6) is 0 Å². The summed E-state index contributed by atoms with van der Waals surface area (Å²) in [7, 11) is 0. The molecule has 0 spiro atoms. The Hall–Kier alpha value is -1.86. The normalized spacial score (nSPS) is 11.2. The Morgan fingerprint density at radius 3 is 2.40 bits per heavy atom. The zero-order chi connectivity index (χ0) is 11.6. The second-order valence-corrected chi connectivity index (χ2v) is 2.54. The second-order valence-electron chi connectivity index (χ2n) is 2.54. The predicted octanol–water partition coefficient (Wildman–Crippen LogP) is 2.67. The summed E-state index contributed by atoms with van der Waals surface area (Å²) in [6, 6.07) is 1.77. The standard InChI is InChI=1S/C7H4F4N2O2/c8-4-1-2-6(13(14)15)5(3-4)12-7(9,10)11/h1-3,12H. The van der Waals surface area contributed by atoms with Crippen molar-refractivity contribution < 1.29 is 22.5 Å². The van der Waals surface area contributed by atoms with Crippen molar-refractivity contribution in [3.8, 4) is 0 Å². The number of nitro groups is 1. The number of hydrogen-bond donors (Lipinski definition) is 1. The monoisotopic (exact) mass is 224 g/mol. The zero-order valence-corrected chi connectivity index (χ0v) is 7.01. The van der Waals surface area contributed by atoms with Gasteiger partial charge in [0.05, 0.1) is 4.92 Å². The minimum atomic E-state index is -4.85. The first-order valence-corrected chi connectivity index (χ1v) is 3.58. The molecule has 82 valence electrons. The molecule has 0 aliphatic heterocycles. The lowest BCUT2D eigenvalue weighted by atomic mass is 10.2. The maximum absolute atomic E-state index is 12.6. The molecule has 0 unspecified atom stereocenters. The summed E-state index contributed by atoms with van der Waals surface area (Å²) in [6.45, 7) is 0. The molecule has 1 rings (SSSR count). The maximum Gasteiger partial charge on any atom is 0.482 e. The van der Waals surface area contributed by atoms with E-state index in [1.165, 1.54) is 0 Å². The minimum absolute atomic E-state index is 0.408. The first-order chi connectivity index (χ1) is 6.79. The van der Waals surface area contributed by atoms with Crippen LogP contribution >= 0.6 is 0 Å². The molecule has 0 saturated heterocycles. The van der Waals surface area contributed by atoms with E-state index in [1.54, 1.807) is 0 Å². The number of alkyl halides is 3. The van der Waals surface area contributed by atoms with Crippen LogP contribution in [0.3, 0.4) is 0 Å². The first-order valence-electron chi connectivity index (χ1n) is 3.58. The summed E-state index contributed by atoms with van der Waals surface area (Å²) in [5.74, 6) is -0.993. The van der Waals surface area contributed by atoms with E-state index in [1.807, 2.05) is 0 Å². The maximum atomic E-state index is 12.6. The van der Waals surface area contributed by atoms with Crippen LogP contribution in [-0.2, 0) is 0 Å². The van der Waals surface area contributed by atoms with E-state index < -0.39 is 28.4 Å². The van der Waals surface area contributed by atoms with Crippen molar-refractivity contribution in [2.75, 3.05) is 5.32 Å². The van der Waals surface area contributed by atoms with Crippen molar-refractivity contribution in [2.24, 2.45) is 0 Å². The summed E-state index contributed by atoms with van der Waals surface area (Å²) in [5.41, 5.74) is -1.76. The van der Waals surface area contributed by atoms with Gasteiger partial charge in [0.25, 0.3) is 5.69 Å². The van der Waals surface area contributed by atoms with Gasteiger partial charge < -0.3 is 0 Å². The molecule has 0 amide bonds. The van der Waals surface area contributed by atoms with Gasteiger partial charge in [-0.05, 0) is 6.07 Å². The van der Waals surface area contributed by atoms with E-state index in [4.69, 9.17) is 0 Å². The lowest BCUT2D eigenvalue weighted by Crippen LogP contribution is -2.21. The Kier molecular flexibility index (Phi) is 2.78. The highest BCUT2D eigenvalue weighted by Gasteiger charge is 2.30. The van der Waals surface area contributed by atoms with E-state index in [0.29, 0.717) is 18.2 Å². The minimum Gasteiger partial charge on any atom is -0.291 e. The third-order valence-corrected chi connectivity index (χ3v) is 1.43. The Morgan fingerprint density at radius 1 is 1.33 bits per heavy atom. The highest BCUT2D eigenvalue weighted by Crippen LogP contribution is 2.29. The van der Waals surface area contributed by atoms with Crippen molar-refractivity contribution in [1.82, 2.24) is 0 Å². The van der Waals surface area contributed by atoms with Crippen molar-refractivity contribution in [3.63, 3.8) is 0 Å². The Labute approximate surface area is 80.7 Å². The number of hydrogen-bond acceptors (Lipinski definition) is 3. The number of nitrogens with zero attached hydrogens (tertiary/aromatic N) is 1. The molecule has 0 radical (unpaired) electrons. The van der Waals surface area contributed by atoms with E-state index in [9.17, 15) is 27.7 Å². The summed E-state index contributed by atoms with van der Waals surface area (Å²) < 4.78 is 48.1. The molecule has 0 fully saturated rings. The van der Waals surface area contributed by atoms with E-state index in [0.717, 1.165) is 5.32 Å². The van der Waals surface area contributed by atoms with Gasteiger partial charge in [-0.15, -0.1) is 0 Å². The van der Waals surface area contributed by atoms with Gasteiger partial charge in [-0.3, -0.25) is 15.4 Å². The number of halogens is 4. The van der Waals surface area contributed by atoms with Gasteiger partial charge in [-0.2, -0.15) is 13.2 Å². The first kappa shape index (κ1) is 11.2. The zero-order valence-electron chi connectivity index (χ0n) is 7.01. The van der Waals surface area contributed by atoms with Crippen molar-refractivity contribution in [2.45, 2.75) is 6.30 Å². The second kappa shape index (κ2) is 3.71. The fourth-order valence-corrected chi connectivity index (χ4v) is 0.920. The summed E-state index contributed by atoms with van der Waals surface area (Å²) in [6.07, 6.45) is -4.85. The Bertz CT molecular complexity index is 391. The molecule has 0 heterocycles. The summed E-state index contributed by atoms with van der Waals surface area (Å²) in [4.78, 5) is 9.26. The van der Waals surface area contributed by atoms with Gasteiger partial charge in [-0.1, -0.05) is 0 Å². The van der Waals surface area contributed by atoms with Crippen LogP contribution in [0.1, 0.15) is 0 Å². The molecule has 0 aliphatic rings. The van der Waals surface area contributed by atoms with Crippen molar-refractivity contribution >= 4 is 11.4 Å².